The first-order chi connectivity index (χ1) is 10.5. The van der Waals surface area contributed by atoms with Crippen molar-refractivity contribution < 1.29 is 0 Å². The van der Waals surface area contributed by atoms with Crippen molar-refractivity contribution in [3.8, 4) is 0 Å². The van der Waals surface area contributed by atoms with E-state index in [1.165, 1.54) is 40.7 Å². The van der Waals surface area contributed by atoms with Crippen LogP contribution in [-0.2, 0) is 0 Å². The summed E-state index contributed by atoms with van der Waals surface area (Å²) in [6.45, 7) is 9.09. The molecule has 0 fully saturated rings. The molecule has 2 aromatic heterocycles. The molecule has 0 bridgehead atoms. The highest BCUT2D eigenvalue weighted by atomic mass is 32.1. The van der Waals surface area contributed by atoms with Crippen LogP contribution in [0, 0.1) is 0 Å². The number of benzene rings is 2. The van der Waals surface area contributed by atoms with Crippen molar-refractivity contribution in [1.82, 2.24) is 0 Å². The molecule has 0 aliphatic carbocycles. The van der Waals surface area contributed by atoms with Gasteiger partial charge in [-0.3, -0.25) is 0 Å². The Balaban J connectivity index is 1.98. The lowest BCUT2D eigenvalue weighted by atomic mass is 10.1. The Kier molecular flexibility index (Phi) is 3.28. The van der Waals surface area contributed by atoms with Crippen LogP contribution >= 0.6 is 22.7 Å². The highest BCUT2D eigenvalue weighted by Crippen LogP contribution is 2.37. The molecule has 0 N–H and O–H groups in total. The van der Waals surface area contributed by atoms with Crippen LogP contribution in [0.4, 0.5) is 0 Å². The van der Waals surface area contributed by atoms with E-state index in [-0.39, 0.29) is 0 Å². The van der Waals surface area contributed by atoms with Crippen LogP contribution in [0.1, 0.15) is 49.3 Å². The molecule has 2 aromatic carbocycles. The molecular formula is C20H20S2. The number of hydrogen-bond acceptors (Lipinski definition) is 2. The van der Waals surface area contributed by atoms with E-state index in [2.05, 4.69) is 64.1 Å². The summed E-state index contributed by atoms with van der Waals surface area (Å²) in [6, 6.07) is 14.2. The average molecular weight is 325 g/mol. The Labute approximate surface area is 139 Å². The SMILES string of the molecule is CC(C)c1cc2cc3cc4sc(C(C)C)cc4cc3cc2s1. The number of thiophene rings is 2. The second-order valence-electron chi connectivity index (χ2n) is 6.73. The van der Waals surface area contributed by atoms with E-state index in [4.69, 9.17) is 0 Å². The summed E-state index contributed by atoms with van der Waals surface area (Å²) in [7, 11) is 0. The van der Waals surface area contributed by atoms with E-state index in [9.17, 15) is 0 Å². The van der Waals surface area contributed by atoms with Gasteiger partial charge in [-0.15, -0.1) is 22.7 Å². The maximum atomic E-state index is 2.37. The van der Waals surface area contributed by atoms with Crippen LogP contribution in [0.2, 0.25) is 0 Å². The van der Waals surface area contributed by atoms with Crippen molar-refractivity contribution >= 4 is 53.6 Å². The van der Waals surface area contributed by atoms with Crippen LogP contribution in [0.15, 0.2) is 36.4 Å². The zero-order valence-electron chi connectivity index (χ0n) is 13.4. The predicted molar refractivity (Wildman–Crippen MR) is 103 cm³/mol. The maximum absolute atomic E-state index is 2.37. The summed E-state index contributed by atoms with van der Waals surface area (Å²) in [6.07, 6.45) is 0. The summed E-state index contributed by atoms with van der Waals surface area (Å²) in [4.78, 5) is 2.96. The Morgan fingerprint density at radius 3 is 1.32 bits per heavy atom. The molecular weight excluding hydrogens is 304 g/mol. The van der Waals surface area contributed by atoms with Gasteiger partial charge in [0.05, 0.1) is 0 Å². The largest absolute Gasteiger partial charge is 0.140 e. The molecule has 2 heteroatoms. The molecule has 0 atom stereocenters. The Bertz CT molecular complexity index is 835. The zero-order chi connectivity index (χ0) is 15.4. The molecule has 0 nitrogen and oxygen atoms in total. The number of rotatable bonds is 2. The summed E-state index contributed by atoms with van der Waals surface area (Å²) in [5.41, 5.74) is 0. The first kappa shape index (κ1) is 14.2. The van der Waals surface area contributed by atoms with Gasteiger partial charge in [0.25, 0.3) is 0 Å². The normalized spacial score (nSPS) is 12.5. The summed E-state index contributed by atoms with van der Waals surface area (Å²) >= 11 is 3.88. The highest BCUT2D eigenvalue weighted by molar-refractivity contribution is 7.19. The molecule has 112 valence electrons. The van der Waals surface area contributed by atoms with Crippen molar-refractivity contribution in [2.75, 3.05) is 0 Å². The van der Waals surface area contributed by atoms with E-state index in [0.717, 1.165) is 0 Å². The lowest BCUT2D eigenvalue weighted by molar-refractivity contribution is 0.890. The zero-order valence-corrected chi connectivity index (χ0v) is 15.1. The molecule has 0 radical (unpaired) electrons. The molecule has 0 unspecified atom stereocenters. The molecule has 4 rings (SSSR count). The molecule has 0 saturated heterocycles. The van der Waals surface area contributed by atoms with Crippen LogP contribution in [-0.4, -0.2) is 0 Å². The third-order valence-electron chi connectivity index (χ3n) is 4.29. The van der Waals surface area contributed by atoms with Gasteiger partial charge in [0.2, 0.25) is 0 Å². The van der Waals surface area contributed by atoms with E-state index in [1.807, 2.05) is 22.7 Å². The smallest absolute Gasteiger partial charge is 0.0352 e. The van der Waals surface area contributed by atoms with Crippen molar-refractivity contribution in [2.24, 2.45) is 0 Å². The van der Waals surface area contributed by atoms with Gasteiger partial charge in [-0.2, -0.15) is 0 Å². The van der Waals surface area contributed by atoms with Gasteiger partial charge in [-0.1, -0.05) is 27.7 Å². The fraction of sp³-hybridized carbons (Fsp3) is 0.300. The molecule has 0 aliphatic rings. The van der Waals surface area contributed by atoms with E-state index < -0.39 is 0 Å². The summed E-state index contributed by atoms with van der Waals surface area (Å²) in [5, 5.41) is 5.51. The minimum Gasteiger partial charge on any atom is -0.140 e. The molecule has 2 heterocycles. The first-order valence-corrected chi connectivity index (χ1v) is 9.55. The van der Waals surface area contributed by atoms with Gasteiger partial charge in [-0.25, -0.2) is 0 Å². The lowest BCUT2D eigenvalue weighted by Crippen LogP contribution is -1.77. The Morgan fingerprint density at radius 2 is 0.955 bits per heavy atom. The van der Waals surface area contributed by atoms with Gasteiger partial charge in [0, 0.05) is 19.2 Å². The maximum Gasteiger partial charge on any atom is 0.0352 e. The van der Waals surface area contributed by atoms with Crippen LogP contribution in [0.5, 0.6) is 0 Å². The highest BCUT2D eigenvalue weighted by Gasteiger charge is 2.10. The van der Waals surface area contributed by atoms with Gasteiger partial charge < -0.3 is 0 Å². The second kappa shape index (κ2) is 5.07. The molecule has 22 heavy (non-hydrogen) atoms. The van der Waals surface area contributed by atoms with Crippen LogP contribution in [0.3, 0.4) is 0 Å². The van der Waals surface area contributed by atoms with Crippen molar-refractivity contribution in [1.29, 1.82) is 0 Å². The Hall–Kier alpha value is -1.38. The topological polar surface area (TPSA) is 0 Å². The predicted octanol–water partition coefficient (Wildman–Crippen LogP) is 7.52. The second-order valence-corrected chi connectivity index (χ2v) is 8.96. The van der Waals surface area contributed by atoms with Crippen LogP contribution in [0.25, 0.3) is 30.9 Å². The molecule has 4 aromatic rings. The van der Waals surface area contributed by atoms with E-state index in [0.29, 0.717) is 11.8 Å². The lowest BCUT2D eigenvalue weighted by Gasteiger charge is -1.99. The van der Waals surface area contributed by atoms with Crippen LogP contribution < -0.4 is 0 Å². The van der Waals surface area contributed by atoms with Crippen molar-refractivity contribution in [3.63, 3.8) is 0 Å². The van der Waals surface area contributed by atoms with Gasteiger partial charge >= 0.3 is 0 Å². The van der Waals surface area contributed by atoms with E-state index >= 15 is 0 Å². The molecule has 0 saturated carbocycles. The quantitative estimate of drug-likeness (QED) is 0.358. The summed E-state index contributed by atoms with van der Waals surface area (Å²) in [5.74, 6) is 1.22. The molecule has 0 amide bonds. The van der Waals surface area contributed by atoms with E-state index in [1.54, 1.807) is 0 Å². The minimum absolute atomic E-state index is 0.609. The third-order valence-corrected chi connectivity index (χ3v) is 7.08. The van der Waals surface area contributed by atoms with Crippen molar-refractivity contribution in [3.05, 3.63) is 46.2 Å². The minimum atomic E-state index is 0.609. The number of fused-ring (bicyclic) bond motifs is 3. The van der Waals surface area contributed by atoms with Gasteiger partial charge in [0.15, 0.2) is 0 Å². The standard InChI is InChI=1S/C20H20S2/c1-11(2)17-9-15-5-13-8-20-16(10-18(22-20)12(3)4)6-14(13)7-19(15)21-17/h5-12H,1-4H3. The summed E-state index contributed by atoms with van der Waals surface area (Å²) < 4.78 is 2.82. The number of hydrogen-bond donors (Lipinski definition) is 0. The van der Waals surface area contributed by atoms with Gasteiger partial charge in [0.1, 0.15) is 0 Å². The van der Waals surface area contributed by atoms with Gasteiger partial charge in [-0.05, 0) is 69.8 Å². The molecule has 0 aliphatic heterocycles. The monoisotopic (exact) mass is 324 g/mol. The Morgan fingerprint density at radius 1 is 0.545 bits per heavy atom. The fourth-order valence-electron chi connectivity index (χ4n) is 2.93. The average Bonchev–Trinajstić information content (AvgIpc) is 3.05. The fourth-order valence-corrected chi connectivity index (χ4v) is 5.13. The molecule has 0 spiro atoms. The van der Waals surface area contributed by atoms with Crippen molar-refractivity contribution in [2.45, 2.75) is 39.5 Å². The first-order valence-electron chi connectivity index (χ1n) is 7.92. The third kappa shape index (κ3) is 2.26.